The van der Waals surface area contributed by atoms with Gasteiger partial charge in [0, 0.05) is 17.6 Å². The normalized spacial score (nSPS) is 20.2. The number of nitrogens with one attached hydrogen (secondary N) is 2. The molecule has 3 rings (SSSR count). The number of benzene rings is 1. The van der Waals surface area contributed by atoms with Crippen molar-refractivity contribution in [2.24, 2.45) is 0 Å². The highest BCUT2D eigenvalue weighted by molar-refractivity contribution is 7.89. The molecule has 0 atom stereocenters. The first-order valence-corrected chi connectivity index (χ1v) is 10.5. The quantitative estimate of drug-likeness (QED) is 0.857. The SMILES string of the molecule is O=C(NC1CCCCC1)c1cccc(S(=O)(=O)NC2CCCC2)c1. The van der Waals surface area contributed by atoms with Crippen molar-refractivity contribution in [3.8, 4) is 0 Å². The molecule has 1 aromatic rings. The fraction of sp³-hybridized carbons (Fsp3) is 0.611. The minimum Gasteiger partial charge on any atom is -0.349 e. The number of amides is 1. The fourth-order valence-electron chi connectivity index (χ4n) is 3.65. The summed E-state index contributed by atoms with van der Waals surface area (Å²) in [6.07, 6.45) is 9.44. The van der Waals surface area contributed by atoms with Crippen LogP contribution in [-0.2, 0) is 10.0 Å². The van der Waals surface area contributed by atoms with Crippen molar-refractivity contribution in [2.75, 3.05) is 0 Å². The van der Waals surface area contributed by atoms with Gasteiger partial charge in [0.2, 0.25) is 10.0 Å². The minimum atomic E-state index is -3.56. The van der Waals surface area contributed by atoms with Gasteiger partial charge >= 0.3 is 0 Å². The molecule has 0 heterocycles. The summed E-state index contributed by atoms with van der Waals surface area (Å²) in [5.74, 6) is -0.181. The van der Waals surface area contributed by atoms with Gasteiger partial charge < -0.3 is 5.32 Å². The number of rotatable bonds is 5. The lowest BCUT2D eigenvalue weighted by molar-refractivity contribution is 0.0927. The highest BCUT2D eigenvalue weighted by Gasteiger charge is 2.24. The van der Waals surface area contributed by atoms with Crippen molar-refractivity contribution >= 4 is 15.9 Å². The van der Waals surface area contributed by atoms with Gasteiger partial charge in [-0.05, 0) is 43.9 Å². The molecule has 0 radical (unpaired) electrons. The third-order valence-corrected chi connectivity index (χ3v) is 6.54. The summed E-state index contributed by atoms with van der Waals surface area (Å²) in [5, 5.41) is 3.03. The largest absolute Gasteiger partial charge is 0.349 e. The van der Waals surface area contributed by atoms with E-state index in [2.05, 4.69) is 10.0 Å². The van der Waals surface area contributed by atoms with Gasteiger partial charge in [0.15, 0.2) is 0 Å². The molecule has 0 aliphatic heterocycles. The Balaban J connectivity index is 1.69. The Morgan fingerprint density at radius 1 is 0.917 bits per heavy atom. The Kier molecular flexibility index (Phi) is 5.56. The molecule has 5 nitrogen and oxygen atoms in total. The van der Waals surface area contributed by atoms with Gasteiger partial charge in [-0.3, -0.25) is 4.79 Å². The van der Waals surface area contributed by atoms with E-state index in [0.29, 0.717) is 5.56 Å². The summed E-state index contributed by atoms with van der Waals surface area (Å²) in [6, 6.07) is 6.58. The van der Waals surface area contributed by atoms with E-state index in [4.69, 9.17) is 0 Å². The van der Waals surface area contributed by atoms with E-state index in [9.17, 15) is 13.2 Å². The van der Waals surface area contributed by atoms with Crippen LogP contribution in [0.2, 0.25) is 0 Å². The number of carbonyl (C=O) groups excluding carboxylic acids is 1. The second-order valence-corrected chi connectivity index (χ2v) is 8.65. The molecule has 0 bridgehead atoms. The Bertz CT molecular complexity index is 675. The van der Waals surface area contributed by atoms with E-state index < -0.39 is 10.0 Å². The van der Waals surface area contributed by atoms with Crippen LogP contribution in [0, 0.1) is 0 Å². The Hall–Kier alpha value is -1.40. The zero-order valence-electron chi connectivity index (χ0n) is 14.0. The highest BCUT2D eigenvalue weighted by atomic mass is 32.2. The molecule has 2 aliphatic carbocycles. The molecule has 1 amide bonds. The lowest BCUT2D eigenvalue weighted by Gasteiger charge is -2.22. The summed E-state index contributed by atoms with van der Waals surface area (Å²) >= 11 is 0. The summed E-state index contributed by atoms with van der Waals surface area (Å²) in [6.45, 7) is 0. The third kappa shape index (κ3) is 4.36. The zero-order chi connectivity index (χ0) is 17.0. The van der Waals surface area contributed by atoms with Crippen molar-refractivity contribution in [1.82, 2.24) is 10.0 Å². The van der Waals surface area contributed by atoms with E-state index in [1.807, 2.05) is 0 Å². The molecule has 2 fully saturated rings. The third-order valence-electron chi connectivity index (χ3n) is 5.02. The summed E-state index contributed by atoms with van der Waals surface area (Å²) < 4.78 is 27.8. The van der Waals surface area contributed by atoms with E-state index in [1.165, 1.54) is 12.5 Å². The second kappa shape index (κ2) is 7.66. The van der Waals surface area contributed by atoms with Crippen molar-refractivity contribution in [1.29, 1.82) is 0 Å². The summed E-state index contributed by atoms with van der Waals surface area (Å²) in [4.78, 5) is 12.6. The maximum Gasteiger partial charge on any atom is 0.251 e. The average Bonchev–Trinajstić information content (AvgIpc) is 3.08. The molecule has 0 unspecified atom stereocenters. The molecule has 0 saturated heterocycles. The predicted molar refractivity (Wildman–Crippen MR) is 93.4 cm³/mol. The van der Waals surface area contributed by atoms with Crippen LogP contribution < -0.4 is 10.0 Å². The maximum atomic E-state index is 12.5. The molecular formula is C18H26N2O3S. The van der Waals surface area contributed by atoms with Crippen LogP contribution in [0.4, 0.5) is 0 Å². The first-order valence-electron chi connectivity index (χ1n) is 8.98. The average molecular weight is 350 g/mol. The molecule has 2 saturated carbocycles. The molecule has 0 aromatic heterocycles. The van der Waals surface area contributed by atoms with Gasteiger partial charge in [0.05, 0.1) is 4.90 Å². The Morgan fingerprint density at radius 2 is 1.54 bits per heavy atom. The zero-order valence-corrected chi connectivity index (χ0v) is 14.8. The lowest BCUT2D eigenvalue weighted by atomic mass is 9.95. The number of carbonyl (C=O) groups is 1. The van der Waals surface area contributed by atoms with Crippen LogP contribution in [0.5, 0.6) is 0 Å². The van der Waals surface area contributed by atoms with Crippen LogP contribution in [0.25, 0.3) is 0 Å². The van der Waals surface area contributed by atoms with E-state index >= 15 is 0 Å². The molecule has 6 heteroatoms. The second-order valence-electron chi connectivity index (χ2n) is 6.94. The summed E-state index contributed by atoms with van der Waals surface area (Å²) in [5.41, 5.74) is 0.412. The smallest absolute Gasteiger partial charge is 0.251 e. The van der Waals surface area contributed by atoms with Crippen molar-refractivity contribution in [2.45, 2.75) is 74.8 Å². The standard InChI is InChI=1S/C18H26N2O3S/c21-18(19-15-8-2-1-3-9-15)14-7-6-12-17(13-14)24(22,23)20-16-10-4-5-11-16/h6-7,12-13,15-16,20H,1-5,8-11H2,(H,19,21). The van der Waals surface area contributed by atoms with Crippen molar-refractivity contribution in [3.05, 3.63) is 29.8 Å². The molecule has 2 aliphatic rings. The monoisotopic (exact) mass is 350 g/mol. The Labute approximate surface area is 144 Å². The number of hydrogen-bond donors (Lipinski definition) is 2. The minimum absolute atomic E-state index is 0.0229. The van der Waals surface area contributed by atoms with Crippen LogP contribution in [-0.4, -0.2) is 26.4 Å². The van der Waals surface area contributed by atoms with Crippen LogP contribution >= 0.6 is 0 Å². The molecule has 1 aromatic carbocycles. The van der Waals surface area contributed by atoms with Gasteiger partial charge in [-0.2, -0.15) is 0 Å². The highest BCUT2D eigenvalue weighted by Crippen LogP contribution is 2.21. The van der Waals surface area contributed by atoms with Gasteiger partial charge in [-0.25, -0.2) is 13.1 Å². The fourth-order valence-corrected chi connectivity index (χ4v) is 5.00. The maximum absolute atomic E-state index is 12.5. The van der Waals surface area contributed by atoms with Gasteiger partial charge in [-0.15, -0.1) is 0 Å². The molecule has 132 valence electrons. The topological polar surface area (TPSA) is 75.3 Å². The van der Waals surface area contributed by atoms with Gasteiger partial charge in [-0.1, -0.05) is 38.2 Å². The molecule has 2 N–H and O–H groups in total. The van der Waals surface area contributed by atoms with Crippen molar-refractivity contribution in [3.63, 3.8) is 0 Å². The van der Waals surface area contributed by atoms with E-state index in [-0.39, 0.29) is 22.9 Å². The Morgan fingerprint density at radius 3 is 2.25 bits per heavy atom. The van der Waals surface area contributed by atoms with Crippen LogP contribution in [0.15, 0.2) is 29.2 Å². The first-order chi connectivity index (χ1) is 11.5. The number of sulfonamides is 1. The van der Waals surface area contributed by atoms with Crippen LogP contribution in [0.3, 0.4) is 0 Å². The molecule has 24 heavy (non-hydrogen) atoms. The van der Waals surface area contributed by atoms with Gasteiger partial charge in [0.25, 0.3) is 5.91 Å². The van der Waals surface area contributed by atoms with E-state index in [0.717, 1.165) is 51.4 Å². The van der Waals surface area contributed by atoms with Gasteiger partial charge in [0.1, 0.15) is 0 Å². The first kappa shape index (κ1) is 17.4. The van der Waals surface area contributed by atoms with E-state index in [1.54, 1.807) is 18.2 Å². The predicted octanol–water partition coefficient (Wildman–Crippen LogP) is 2.97. The molecule has 0 spiro atoms. The lowest BCUT2D eigenvalue weighted by Crippen LogP contribution is -2.36. The summed E-state index contributed by atoms with van der Waals surface area (Å²) in [7, 11) is -3.56. The molecular weight excluding hydrogens is 324 g/mol. The van der Waals surface area contributed by atoms with Crippen molar-refractivity contribution < 1.29 is 13.2 Å². The number of hydrogen-bond acceptors (Lipinski definition) is 3. The van der Waals surface area contributed by atoms with Crippen LogP contribution in [0.1, 0.15) is 68.1 Å².